The van der Waals surface area contributed by atoms with Crippen LogP contribution in [0.4, 0.5) is 8.78 Å². The Hall–Kier alpha value is -1.78. The predicted molar refractivity (Wildman–Crippen MR) is 104 cm³/mol. The fourth-order valence-corrected chi connectivity index (χ4v) is 3.74. The first-order valence-corrected chi connectivity index (χ1v) is 9.54. The van der Waals surface area contributed by atoms with E-state index in [2.05, 4.69) is 37.5 Å². The highest BCUT2D eigenvalue weighted by atomic mass is 19.1. The van der Waals surface area contributed by atoms with E-state index in [0.29, 0.717) is 0 Å². The summed E-state index contributed by atoms with van der Waals surface area (Å²) in [6.07, 6.45) is 0. The third-order valence-corrected chi connectivity index (χ3v) is 5.13. The maximum absolute atomic E-state index is 13.5. The lowest BCUT2D eigenvalue weighted by atomic mass is 9.90. The number of nitrogens with zero attached hydrogens (tertiary/aromatic N) is 2. The van der Waals surface area contributed by atoms with Crippen molar-refractivity contribution in [2.45, 2.75) is 39.8 Å². The highest BCUT2D eigenvalue weighted by Crippen LogP contribution is 2.38. The normalized spacial score (nSPS) is 14.0. The molecule has 4 heteroatoms. The molecule has 2 aromatic rings. The van der Waals surface area contributed by atoms with Crippen molar-refractivity contribution in [3.8, 4) is 0 Å². The van der Waals surface area contributed by atoms with Crippen molar-refractivity contribution in [2.75, 3.05) is 26.2 Å². The second-order valence-electron chi connectivity index (χ2n) is 6.44. The second kappa shape index (κ2) is 9.79. The van der Waals surface area contributed by atoms with Gasteiger partial charge in [-0.2, -0.15) is 0 Å². The van der Waals surface area contributed by atoms with Crippen molar-refractivity contribution in [3.05, 3.63) is 71.3 Å². The molecule has 0 bridgehead atoms. The fraction of sp³-hybridized carbons (Fsp3) is 0.455. The van der Waals surface area contributed by atoms with Gasteiger partial charge in [0.25, 0.3) is 0 Å². The Bertz CT molecular complexity index is 587. The molecule has 2 rings (SSSR count). The monoisotopic (exact) mass is 360 g/mol. The lowest BCUT2D eigenvalue weighted by Gasteiger charge is -2.42. The minimum absolute atomic E-state index is 0.0657. The minimum atomic E-state index is -0.229. The van der Waals surface area contributed by atoms with Crippen LogP contribution in [0.5, 0.6) is 0 Å². The van der Waals surface area contributed by atoms with Crippen LogP contribution >= 0.6 is 0 Å². The molecule has 0 N–H and O–H groups in total. The van der Waals surface area contributed by atoms with Gasteiger partial charge in [-0.05, 0) is 61.6 Å². The average molecular weight is 360 g/mol. The number of hydrogen-bond acceptors (Lipinski definition) is 2. The van der Waals surface area contributed by atoms with E-state index in [9.17, 15) is 8.78 Å². The first kappa shape index (κ1) is 20.5. The SMILES string of the molecule is CCN(CC)C(c1ccc(F)cc1)C(c1ccc(F)cc1)N(CC)CC. The molecule has 0 aliphatic rings. The molecule has 0 spiro atoms. The van der Waals surface area contributed by atoms with Gasteiger partial charge in [-0.25, -0.2) is 8.78 Å². The van der Waals surface area contributed by atoms with Crippen molar-refractivity contribution in [2.24, 2.45) is 0 Å². The zero-order valence-electron chi connectivity index (χ0n) is 16.3. The summed E-state index contributed by atoms with van der Waals surface area (Å²) in [6, 6.07) is 13.7. The molecule has 0 saturated heterocycles. The summed E-state index contributed by atoms with van der Waals surface area (Å²) in [6.45, 7) is 12.1. The predicted octanol–water partition coefficient (Wildman–Crippen LogP) is 5.43. The molecule has 0 aromatic heterocycles. The van der Waals surface area contributed by atoms with Crippen LogP contribution in [-0.2, 0) is 0 Å². The molecule has 0 fully saturated rings. The molecule has 2 aromatic carbocycles. The topological polar surface area (TPSA) is 6.48 Å². The third kappa shape index (κ3) is 4.68. The van der Waals surface area contributed by atoms with Gasteiger partial charge < -0.3 is 0 Å². The van der Waals surface area contributed by atoms with Gasteiger partial charge in [0.15, 0.2) is 0 Å². The lowest BCUT2D eigenvalue weighted by molar-refractivity contribution is 0.0888. The van der Waals surface area contributed by atoms with E-state index < -0.39 is 0 Å². The Balaban J connectivity index is 2.59. The number of hydrogen-bond donors (Lipinski definition) is 0. The molecular weight excluding hydrogens is 330 g/mol. The first-order valence-electron chi connectivity index (χ1n) is 9.54. The largest absolute Gasteiger partial charge is 0.295 e. The molecule has 2 unspecified atom stereocenters. The first-order chi connectivity index (χ1) is 12.5. The fourth-order valence-electron chi connectivity index (χ4n) is 3.74. The summed E-state index contributed by atoms with van der Waals surface area (Å²) in [5.41, 5.74) is 2.16. The van der Waals surface area contributed by atoms with Crippen LogP contribution in [0.25, 0.3) is 0 Å². The Kier molecular flexibility index (Phi) is 7.73. The standard InChI is InChI=1S/C22H30F2N2/c1-5-25(6-2)21(17-9-13-19(23)14-10-17)22(26(7-3)8-4)18-11-15-20(24)16-12-18/h9-16,21-22H,5-8H2,1-4H3. The van der Waals surface area contributed by atoms with Crippen LogP contribution in [0.1, 0.15) is 50.9 Å². The highest BCUT2D eigenvalue weighted by molar-refractivity contribution is 5.28. The zero-order chi connectivity index (χ0) is 19.1. The van der Waals surface area contributed by atoms with Crippen molar-refractivity contribution >= 4 is 0 Å². The van der Waals surface area contributed by atoms with Gasteiger partial charge in [0.1, 0.15) is 11.6 Å². The molecule has 26 heavy (non-hydrogen) atoms. The molecule has 0 heterocycles. The molecule has 0 aliphatic heterocycles. The summed E-state index contributed by atoms with van der Waals surface area (Å²) < 4.78 is 27.0. The summed E-state index contributed by atoms with van der Waals surface area (Å²) in [5, 5.41) is 0. The number of likely N-dealkylation sites (N-methyl/N-ethyl adjacent to an activating group) is 2. The molecule has 0 aliphatic carbocycles. The average Bonchev–Trinajstić information content (AvgIpc) is 2.66. The van der Waals surface area contributed by atoms with Gasteiger partial charge in [-0.3, -0.25) is 9.80 Å². The van der Waals surface area contributed by atoms with Crippen LogP contribution in [0, 0.1) is 11.6 Å². The summed E-state index contributed by atoms with van der Waals surface area (Å²) in [5.74, 6) is -0.457. The molecule has 2 nitrogen and oxygen atoms in total. The summed E-state index contributed by atoms with van der Waals surface area (Å²) >= 11 is 0. The number of benzene rings is 2. The lowest BCUT2D eigenvalue weighted by Crippen LogP contribution is -2.41. The van der Waals surface area contributed by atoms with Crippen LogP contribution < -0.4 is 0 Å². The van der Waals surface area contributed by atoms with Crippen molar-refractivity contribution in [1.29, 1.82) is 0 Å². The Morgan fingerprint density at radius 3 is 1.08 bits per heavy atom. The summed E-state index contributed by atoms with van der Waals surface area (Å²) in [7, 11) is 0. The van der Waals surface area contributed by atoms with E-state index >= 15 is 0 Å². The van der Waals surface area contributed by atoms with E-state index in [-0.39, 0.29) is 23.7 Å². The van der Waals surface area contributed by atoms with Crippen molar-refractivity contribution in [1.82, 2.24) is 9.80 Å². The van der Waals surface area contributed by atoms with Crippen molar-refractivity contribution in [3.63, 3.8) is 0 Å². The third-order valence-electron chi connectivity index (χ3n) is 5.13. The zero-order valence-corrected chi connectivity index (χ0v) is 16.3. The molecule has 0 radical (unpaired) electrons. The molecule has 2 atom stereocenters. The van der Waals surface area contributed by atoms with Crippen LogP contribution in [0.3, 0.4) is 0 Å². The van der Waals surface area contributed by atoms with Gasteiger partial charge in [0.05, 0.1) is 12.1 Å². The minimum Gasteiger partial charge on any atom is -0.295 e. The molecule has 142 valence electrons. The maximum Gasteiger partial charge on any atom is 0.123 e. The highest BCUT2D eigenvalue weighted by Gasteiger charge is 2.32. The van der Waals surface area contributed by atoms with Crippen LogP contribution in [0.2, 0.25) is 0 Å². The number of halogens is 2. The van der Waals surface area contributed by atoms with Crippen LogP contribution in [0.15, 0.2) is 48.5 Å². The van der Waals surface area contributed by atoms with E-state index in [1.54, 1.807) is 0 Å². The van der Waals surface area contributed by atoms with Gasteiger partial charge >= 0.3 is 0 Å². The van der Waals surface area contributed by atoms with E-state index in [1.165, 1.54) is 24.3 Å². The van der Waals surface area contributed by atoms with Gasteiger partial charge in [0.2, 0.25) is 0 Å². The summed E-state index contributed by atoms with van der Waals surface area (Å²) in [4.78, 5) is 4.78. The molecule has 0 saturated carbocycles. The second-order valence-corrected chi connectivity index (χ2v) is 6.44. The van der Waals surface area contributed by atoms with E-state index in [1.807, 2.05) is 24.3 Å². The Morgan fingerprint density at radius 2 is 0.846 bits per heavy atom. The van der Waals surface area contributed by atoms with Crippen LogP contribution in [-0.4, -0.2) is 36.0 Å². The van der Waals surface area contributed by atoms with Gasteiger partial charge in [0, 0.05) is 0 Å². The smallest absolute Gasteiger partial charge is 0.123 e. The molecular formula is C22H30F2N2. The van der Waals surface area contributed by atoms with E-state index in [0.717, 1.165) is 37.3 Å². The maximum atomic E-state index is 13.5. The molecule has 0 amide bonds. The Morgan fingerprint density at radius 1 is 0.577 bits per heavy atom. The van der Waals surface area contributed by atoms with E-state index in [4.69, 9.17) is 0 Å². The van der Waals surface area contributed by atoms with Gasteiger partial charge in [-0.15, -0.1) is 0 Å². The van der Waals surface area contributed by atoms with Crippen molar-refractivity contribution < 1.29 is 8.78 Å². The quantitative estimate of drug-likeness (QED) is 0.588. The Labute approximate surface area is 156 Å². The number of rotatable bonds is 9. The van der Waals surface area contributed by atoms with Gasteiger partial charge in [-0.1, -0.05) is 52.0 Å².